The van der Waals surface area contributed by atoms with Crippen LogP contribution < -0.4 is 10.5 Å². The Kier molecular flexibility index (Phi) is 5.13. The Labute approximate surface area is 119 Å². The first-order valence-electron chi connectivity index (χ1n) is 6.81. The summed E-state index contributed by atoms with van der Waals surface area (Å²) in [5, 5.41) is 0. The Morgan fingerprint density at radius 2 is 1.80 bits per heavy atom. The minimum atomic E-state index is -0.174. The van der Waals surface area contributed by atoms with Crippen LogP contribution in [0.2, 0.25) is 0 Å². The van der Waals surface area contributed by atoms with Crippen molar-refractivity contribution in [3.63, 3.8) is 0 Å². The number of nitrogens with two attached hydrogens (primary N) is 1. The van der Waals surface area contributed by atoms with Crippen molar-refractivity contribution < 1.29 is 9.13 Å². The van der Waals surface area contributed by atoms with Gasteiger partial charge >= 0.3 is 0 Å². The van der Waals surface area contributed by atoms with Gasteiger partial charge in [-0.05, 0) is 48.6 Å². The second-order valence-electron chi connectivity index (χ2n) is 4.94. The fourth-order valence-corrected chi connectivity index (χ4v) is 2.19. The van der Waals surface area contributed by atoms with Gasteiger partial charge in [0.1, 0.15) is 11.6 Å². The number of rotatable bonds is 6. The van der Waals surface area contributed by atoms with Gasteiger partial charge in [-0.1, -0.05) is 30.3 Å². The second-order valence-corrected chi connectivity index (χ2v) is 4.94. The SMILES string of the molecule is COc1ccc(CCC(N)Cc2ccccc2F)cc1. The molecule has 2 nitrogen and oxygen atoms in total. The third-order valence-electron chi connectivity index (χ3n) is 3.40. The molecule has 0 saturated heterocycles. The zero-order chi connectivity index (χ0) is 14.4. The molecule has 1 unspecified atom stereocenters. The van der Waals surface area contributed by atoms with Crippen LogP contribution in [0.25, 0.3) is 0 Å². The average Bonchev–Trinajstić information content (AvgIpc) is 2.48. The Balaban J connectivity index is 1.85. The molecule has 0 bridgehead atoms. The van der Waals surface area contributed by atoms with Gasteiger partial charge in [-0.25, -0.2) is 4.39 Å². The smallest absolute Gasteiger partial charge is 0.126 e. The zero-order valence-corrected chi connectivity index (χ0v) is 11.7. The largest absolute Gasteiger partial charge is 0.497 e. The standard InChI is InChI=1S/C17H20FNO/c1-20-16-10-7-13(8-11-16)6-9-15(19)12-14-4-2-3-5-17(14)18/h2-5,7-8,10-11,15H,6,9,12,19H2,1H3. The van der Waals surface area contributed by atoms with Crippen molar-refractivity contribution in [1.29, 1.82) is 0 Å². The van der Waals surface area contributed by atoms with Crippen LogP contribution in [0.5, 0.6) is 5.75 Å². The van der Waals surface area contributed by atoms with Gasteiger partial charge in [0.15, 0.2) is 0 Å². The van der Waals surface area contributed by atoms with Crippen LogP contribution in [0.15, 0.2) is 48.5 Å². The lowest BCUT2D eigenvalue weighted by Gasteiger charge is -2.12. The highest BCUT2D eigenvalue weighted by Gasteiger charge is 2.08. The number of methoxy groups -OCH3 is 1. The fraction of sp³-hybridized carbons (Fsp3) is 0.294. The van der Waals surface area contributed by atoms with Gasteiger partial charge in [-0.3, -0.25) is 0 Å². The normalized spacial score (nSPS) is 12.2. The zero-order valence-electron chi connectivity index (χ0n) is 11.7. The molecule has 106 valence electrons. The average molecular weight is 273 g/mol. The number of hydrogen-bond acceptors (Lipinski definition) is 2. The first-order valence-corrected chi connectivity index (χ1v) is 6.81. The molecule has 0 aliphatic heterocycles. The van der Waals surface area contributed by atoms with Crippen LogP contribution in [0, 0.1) is 5.82 Å². The Morgan fingerprint density at radius 1 is 1.10 bits per heavy atom. The molecule has 1 atom stereocenters. The van der Waals surface area contributed by atoms with Gasteiger partial charge in [0, 0.05) is 6.04 Å². The molecule has 0 radical (unpaired) electrons. The van der Waals surface area contributed by atoms with E-state index in [1.54, 1.807) is 19.2 Å². The lowest BCUT2D eigenvalue weighted by atomic mass is 9.99. The Hall–Kier alpha value is -1.87. The number of halogens is 1. The summed E-state index contributed by atoms with van der Waals surface area (Å²) in [5.74, 6) is 0.678. The van der Waals surface area contributed by atoms with Crippen LogP contribution in [0.4, 0.5) is 4.39 Å². The van der Waals surface area contributed by atoms with Crippen molar-refractivity contribution in [3.05, 3.63) is 65.5 Å². The summed E-state index contributed by atoms with van der Waals surface area (Å²) >= 11 is 0. The maximum absolute atomic E-state index is 13.5. The van der Waals surface area contributed by atoms with E-state index in [-0.39, 0.29) is 11.9 Å². The molecule has 2 aromatic rings. The maximum atomic E-state index is 13.5. The van der Waals surface area contributed by atoms with E-state index >= 15 is 0 Å². The molecular weight excluding hydrogens is 253 g/mol. The van der Waals surface area contributed by atoms with E-state index in [0.717, 1.165) is 18.6 Å². The number of aryl methyl sites for hydroxylation is 1. The summed E-state index contributed by atoms with van der Waals surface area (Å²) in [6.07, 6.45) is 2.29. The van der Waals surface area contributed by atoms with E-state index in [1.807, 2.05) is 30.3 Å². The maximum Gasteiger partial charge on any atom is 0.126 e. The molecule has 0 heterocycles. The van der Waals surface area contributed by atoms with Gasteiger partial charge in [0.25, 0.3) is 0 Å². The highest BCUT2D eigenvalue weighted by atomic mass is 19.1. The van der Waals surface area contributed by atoms with E-state index in [4.69, 9.17) is 10.5 Å². The van der Waals surface area contributed by atoms with E-state index in [0.29, 0.717) is 12.0 Å². The van der Waals surface area contributed by atoms with Crippen molar-refractivity contribution in [2.75, 3.05) is 7.11 Å². The third-order valence-corrected chi connectivity index (χ3v) is 3.40. The quantitative estimate of drug-likeness (QED) is 0.876. The molecule has 0 amide bonds. The molecule has 0 aromatic heterocycles. The van der Waals surface area contributed by atoms with Gasteiger partial charge in [0.05, 0.1) is 7.11 Å². The van der Waals surface area contributed by atoms with E-state index in [9.17, 15) is 4.39 Å². The van der Waals surface area contributed by atoms with Gasteiger partial charge in [-0.2, -0.15) is 0 Å². The van der Waals surface area contributed by atoms with Crippen molar-refractivity contribution >= 4 is 0 Å². The summed E-state index contributed by atoms with van der Waals surface area (Å²) in [7, 11) is 1.65. The first kappa shape index (κ1) is 14.5. The molecule has 0 saturated carbocycles. The highest BCUT2D eigenvalue weighted by Crippen LogP contribution is 2.15. The van der Waals surface area contributed by atoms with Gasteiger partial charge in [0.2, 0.25) is 0 Å². The van der Waals surface area contributed by atoms with Crippen molar-refractivity contribution in [2.24, 2.45) is 5.73 Å². The molecular formula is C17H20FNO. The Bertz CT molecular complexity index is 539. The van der Waals surface area contributed by atoms with Crippen LogP contribution in [0.3, 0.4) is 0 Å². The van der Waals surface area contributed by atoms with Crippen molar-refractivity contribution in [1.82, 2.24) is 0 Å². The fourth-order valence-electron chi connectivity index (χ4n) is 2.19. The second kappa shape index (κ2) is 7.06. The summed E-state index contributed by atoms with van der Waals surface area (Å²) < 4.78 is 18.6. The first-order chi connectivity index (χ1) is 9.69. The summed E-state index contributed by atoms with van der Waals surface area (Å²) in [6, 6.07) is 14.7. The monoisotopic (exact) mass is 273 g/mol. The van der Waals surface area contributed by atoms with Crippen LogP contribution in [0.1, 0.15) is 17.5 Å². The van der Waals surface area contributed by atoms with E-state index in [1.165, 1.54) is 11.6 Å². The minimum Gasteiger partial charge on any atom is -0.497 e. The molecule has 2 aromatic carbocycles. The van der Waals surface area contributed by atoms with Gasteiger partial charge in [-0.15, -0.1) is 0 Å². The van der Waals surface area contributed by atoms with E-state index < -0.39 is 0 Å². The third kappa shape index (κ3) is 4.07. The molecule has 0 aliphatic rings. The summed E-state index contributed by atoms with van der Waals surface area (Å²) in [5.41, 5.74) is 7.99. The topological polar surface area (TPSA) is 35.2 Å². The van der Waals surface area contributed by atoms with Crippen LogP contribution >= 0.6 is 0 Å². The molecule has 2 N–H and O–H groups in total. The van der Waals surface area contributed by atoms with E-state index in [2.05, 4.69) is 0 Å². The number of ether oxygens (including phenoxy) is 1. The predicted octanol–water partition coefficient (Wildman–Crippen LogP) is 3.34. The lowest BCUT2D eigenvalue weighted by molar-refractivity contribution is 0.414. The predicted molar refractivity (Wildman–Crippen MR) is 79.4 cm³/mol. The van der Waals surface area contributed by atoms with Crippen LogP contribution in [-0.4, -0.2) is 13.2 Å². The summed E-state index contributed by atoms with van der Waals surface area (Å²) in [4.78, 5) is 0. The number of hydrogen-bond donors (Lipinski definition) is 1. The molecule has 20 heavy (non-hydrogen) atoms. The summed E-state index contributed by atoms with van der Waals surface area (Å²) in [6.45, 7) is 0. The molecule has 3 heteroatoms. The van der Waals surface area contributed by atoms with Crippen molar-refractivity contribution in [3.8, 4) is 5.75 Å². The minimum absolute atomic E-state index is 0.0333. The highest BCUT2D eigenvalue weighted by molar-refractivity contribution is 5.27. The lowest BCUT2D eigenvalue weighted by Crippen LogP contribution is -2.24. The molecule has 0 fully saturated rings. The van der Waals surface area contributed by atoms with Crippen molar-refractivity contribution in [2.45, 2.75) is 25.3 Å². The molecule has 0 spiro atoms. The Morgan fingerprint density at radius 3 is 2.45 bits per heavy atom. The van der Waals surface area contributed by atoms with Gasteiger partial charge < -0.3 is 10.5 Å². The molecule has 0 aliphatic carbocycles. The van der Waals surface area contributed by atoms with Crippen LogP contribution in [-0.2, 0) is 12.8 Å². The molecule has 2 rings (SSSR count). The number of benzene rings is 2.